The van der Waals surface area contributed by atoms with Crippen molar-refractivity contribution < 1.29 is 0 Å². The molecule has 2 aliphatic rings. The molecule has 1 aromatic carbocycles. The number of nitrogens with zero attached hydrogens (tertiary/aromatic N) is 2. The zero-order valence-electron chi connectivity index (χ0n) is 15.9. The molecule has 132 valence electrons. The lowest BCUT2D eigenvalue weighted by molar-refractivity contribution is 0.323. The van der Waals surface area contributed by atoms with E-state index in [2.05, 4.69) is 72.9 Å². The molecule has 2 aliphatic heterocycles. The maximum absolute atomic E-state index is 4.04. The van der Waals surface area contributed by atoms with E-state index in [0.29, 0.717) is 0 Å². The van der Waals surface area contributed by atoms with E-state index in [4.69, 9.17) is 0 Å². The van der Waals surface area contributed by atoms with E-state index in [1.165, 1.54) is 39.4 Å². The number of allylic oxidation sites excluding steroid dienone is 4. The molecule has 25 heavy (non-hydrogen) atoms. The Kier molecular flexibility index (Phi) is 5.03. The second-order valence-corrected chi connectivity index (χ2v) is 7.02. The third-order valence-corrected chi connectivity index (χ3v) is 5.20. The zero-order chi connectivity index (χ0) is 18.0. The smallest absolute Gasteiger partial charge is 0.0578 e. The number of hydrogen-bond acceptors (Lipinski definition) is 3. The van der Waals surface area contributed by atoms with Crippen LogP contribution in [0.25, 0.3) is 0 Å². The lowest BCUT2D eigenvalue weighted by Gasteiger charge is -2.33. The van der Waals surface area contributed by atoms with Gasteiger partial charge in [-0.3, -0.25) is 0 Å². The third-order valence-electron chi connectivity index (χ3n) is 5.20. The molecule has 0 radical (unpaired) electrons. The molecule has 1 N–H and O–H groups in total. The van der Waals surface area contributed by atoms with Crippen molar-refractivity contribution in [3.8, 4) is 0 Å². The van der Waals surface area contributed by atoms with Crippen LogP contribution in [0.3, 0.4) is 0 Å². The molecule has 0 aromatic heterocycles. The van der Waals surface area contributed by atoms with Crippen molar-refractivity contribution in [3.05, 3.63) is 82.4 Å². The summed E-state index contributed by atoms with van der Waals surface area (Å²) in [6.45, 7) is 11.3. The van der Waals surface area contributed by atoms with E-state index >= 15 is 0 Å². The second-order valence-electron chi connectivity index (χ2n) is 7.02. The first-order valence-corrected chi connectivity index (χ1v) is 9.00. The molecule has 0 amide bonds. The van der Waals surface area contributed by atoms with Gasteiger partial charge < -0.3 is 15.1 Å². The van der Waals surface area contributed by atoms with Crippen LogP contribution >= 0.6 is 0 Å². The van der Waals surface area contributed by atoms with Crippen LogP contribution in [0.4, 0.5) is 0 Å². The largest absolute Gasteiger partial charge is 0.392 e. The van der Waals surface area contributed by atoms with Crippen molar-refractivity contribution in [2.75, 3.05) is 27.2 Å². The molecule has 3 rings (SSSR count). The fourth-order valence-electron chi connectivity index (χ4n) is 3.68. The highest BCUT2D eigenvalue weighted by atomic mass is 15.2. The van der Waals surface area contributed by atoms with Crippen LogP contribution in [0.5, 0.6) is 0 Å². The lowest BCUT2D eigenvalue weighted by atomic mass is 9.95. The molecule has 0 bridgehead atoms. The number of aryl methyl sites for hydroxylation is 1. The molecule has 0 saturated carbocycles. The summed E-state index contributed by atoms with van der Waals surface area (Å²) >= 11 is 0. The Labute approximate surface area is 152 Å². The van der Waals surface area contributed by atoms with Gasteiger partial charge in [0, 0.05) is 49.8 Å². The Morgan fingerprint density at radius 3 is 2.64 bits per heavy atom. The van der Waals surface area contributed by atoms with Crippen LogP contribution < -0.4 is 5.32 Å². The number of hydrogen-bond donors (Lipinski definition) is 1. The van der Waals surface area contributed by atoms with Crippen molar-refractivity contribution in [2.24, 2.45) is 0 Å². The predicted octanol–water partition coefficient (Wildman–Crippen LogP) is 3.96. The molecule has 0 saturated heterocycles. The molecular weight excluding hydrogens is 306 g/mol. The van der Waals surface area contributed by atoms with E-state index in [9.17, 15) is 0 Å². The first-order valence-electron chi connectivity index (χ1n) is 9.00. The molecule has 0 fully saturated rings. The van der Waals surface area contributed by atoms with Gasteiger partial charge in [0.05, 0.1) is 6.54 Å². The lowest BCUT2D eigenvalue weighted by Crippen LogP contribution is -2.31. The first kappa shape index (κ1) is 17.4. The van der Waals surface area contributed by atoms with Crippen LogP contribution in [-0.2, 0) is 6.54 Å². The Bertz CT molecular complexity index is 750. The molecule has 1 aromatic rings. The van der Waals surface area contributed by atoms with E-state index in [1.54, 1.807) is 0 Å². The average molecular weight is 335 g/mol. The molecule has 3 heteroatoms. The van der Waals surface area contributed by atoms with Crippen LogP contribution in [0.15, 0.2) is 71.2 Å². The van der Waals surface area contributed by atoms with Crippen molar-refractivity contribution in [2.45, 2.75) is 26.8 Å². The van der Waals surface area contributed by atoms with Gasteiger partial charge in [-0.25, -0.2) is 0 Å². The highest BCUT2D eigenvalue weighted by Gasteiger charge is 2.30. The Hall–Kier alpha value is -2.42. The Morgan fingerprint density at radius 2 is 2.00 bits per heavy atom. The van der Waals surface area contributed by atoms with Gasteiger partial charge in [0.1, 0.15) is 0 Å². The SMILES string of the molecule is C=CC1=C(/C=C(/C)NC)C2=C(CN1C)N(Cc1ccc(C)cc1)CC2. The summed E-state index contributed by atoms with van der Waals surface area (Å²) in [7, 11) is 4.13. The number of rotatable bonds is 5. The van der Waals surface area contributed by atoms with E-state index in [0.717, 1.165) is 26.1 Å². The summed E-state index contributed by atoms with van der Waals surface area (Å²) in [4.78, 5) is 4.85. The summed E-state index contributed by atoms with van der Waals surface area (Å²) in [6.07, 6.45) is 5.35. The molecular formula is C22H29N3. The maximum Gasteiger partial charge on any atom is 0.0578 e. The minimum Gasteiger partial charge on any atom is -0.392 e. The van der Waals surface area contributed by atoms with E-state index < -0.39 is 0 Å². The van der Waals surface area contributed by atoms with Crippen molar-refractivity contribution >= 4 is 0 Å². The third kappa shape index (κ3) is 3.51. The first-order chi connectivity index (χ1) is 12.0. The normalized spacial score (nSPS) is 18.0. The second kappa shape index (κ2) is 7.22. The van der Waals surface area contributed by atoms with Gasteiger partial charge in [-0.05, 0) is 43.6 Å². The van der Waals surface area contributed by atoms with Gasteiger partial charge in [0.2, 0.25) is 0 Å². The predicted molar refractivity (Wildman–Crippen MR) is 106 cm³/mol. The standard InChI is InChI=1S/C22H29N3/c1-6-21-20(13-17(3)23-4)19-11-12-25(22(19)15-24(21)5)14-18-9-7-16(2)8-10-18/h6-10,13,23H,1,11-12,14-15H2,2-5H3/b17-13-. The zero-order valence-corrected chi connectivity index (χ0v) is 15.9. The highest BCUT2D eigenvalue weighted by Crippen LogP contribution is 2.37. The quantitative estimate of drug-likeness (QED) is 0.878. The van der Waals surface area contributed by atoms with Crippen LogP contribution in [0.2, 0.25) is 0 Å². The minimum absolute atomic E-state index is 0.957. The molecule has 0 unspecified atom stereocenters. The molecule has 0 spiro atoms. The minimum atomic E-state index is 0.957. The van der Waals surface area contributed by atoms with Crippen molar-refractivity contribution in [1.29, 1.82) is 0 Å². The Balaban J connectivity index is 1.94. The number of nitrogens with one attached hydrogen (secondary N) is 1. The summed E-state index contributed by atoms with van der Waals surface area (Å²) in [5.74, 6) is 0. The van der Waals surface area contributed by atoms with Gasteiger partial charge in [0.25, 0.3) is 0 Å². The maximum atomic E-state index is 4.04. The number of likely N-dealkylation sites (N-methyl/N-ethyl adjacent to an activating group) is 1. The van der Waals surface area contributed by atoms with Gasteiger partial charge >= 0.3 is 0 Å². The van der Waals surface area contributed by atoms with Gasteiger partial charge in [-0.1, -0.05) is 36.4 Å². The van der Waals surface area contributed by atoms with Crippen LogP contribution in [0, 0.1) is 6.92 Å². The molecule has 2 heterocycles. The van der Waals surface area contributed by atoms with Gasteiger partial charge in [0.15, 0.2) is 0 Å². The summed E-state index contributed by atoms with van der Waals surface area (Å²) in [6, 6.07) is 8.90. The summed E-state index contributed by atoms with van der Waals surface area (Å²) in [5, 5.41) is 3.25. The average Bonchev–Trinajstić information content (AvgIpc) is 2.99. The van der Waals surface area contributed by atoms with Gasteiger partial charge in [-0.15, -0.1) is 0 Å². The topological polar surface area (TPSA) is 18.5 Å². The molecule has 3 nitrogen and oxygen atoms in total. The molecule has 0 atom stereocenters. The van der Waals surface area contributed by atoms with Crippen LogP contribution in [0.1, 0.15) is 24.5 Å². The fourth-order valence-corrected chi connectivity index (χ4v) is 3.68. The van der Waals surface area contributed by atoms with Crippen molar-refractivity contribution in [1.82, 2.24) is 15.1 Å². The molecule has 0 aliphatic carbocycles. The van der Waals surface area contributed by atoms with E-state index in [1.807, 2.05) is 13.1 Å². The fraction of sp³-hybridized carbons (Fsp3) is 0.364. The Morgan fingerprint density at radius 1 is 1.28 bits per heavy atom. The monoisotopic (exact) mass is 335 g/mol. The van der Waals surface area contributed by atoms with Gasteiger partial charge in [-0.2, -0.15) is 0 Å². The summed E-state index contributed by atoms with van der Waals surface area (Å²) in [5.41, 5.74) is 9.36. The number of benzene rings is 1. The van der Waals surface area contributed by atoms with Crippen molar-refractivity contribution in [3.63, 3.8) is 0 Å². The van der Waals surface area contributed by atoms with Crippen LogP contribution in [-0.4, -0.2) is 37.0 Å². The highest BCUT2D eigenvalue weighted by molar-refractivity contribution is 5.53. The summed E-state index contributed by atoms with van der Waals surface area (Å²) < 4.78 is 0. The van der Waals surface area contributed by atoms with E-state index in [-0.39, 0.29) is 0 Å².